The molecule has 1 fully saturated rings. The smallest absolute Gasteiger partial charge is 0.267 e. The maximum absolute atomic E-state index is 12.8. The van der Waals surface area contributed by atoms with Crippen molar-refractivity contribution in [2.45, 2.75) is 19.9 Å². The Balaban J connectivity index is 1.42. The van der Waals surface area contributed by atoms with Crippen LogP contribution in [-0.2, 0) is 17.7 Å². The van der Waals surface area contributed by atoms with Crippen LogP contribution < -0.4 is 5.32 Å². The van der Waals surface area contributed by atoms with Crippen molar-refractivity contribution in [1.29, 1.82) is 0 Å². The van der Waals surface area contributed by atoms with E-state index in [1.165, 1.54) is 22.5 Å². The number of nitrogens with one attached hydrogen (secondary N) is 1. The highest BCUT2D eigenvalue weighted by molar-refractivity contribution is 7.14. The SMILES string of the molecule is Cc1nc(Cc2ccccc2)sc1C(=O)Nc1cccc(CN2CCOCC2)c1. The molecule has 1 saturated heterocycles. The van der Waals surface area contributed by atoms with Crippen LogP contribution in [0, 0.1) is 6.92 Å². The van der Waals surface area contributed by atoms with E-state index < -0.39 is 0 Å². The summed E-state index contributed by atoms with van der Waals surface area (Å²) in [5.41, 5.74) is 3.99. The number of aromatic nitrogens is 1. The average molecular weight is 408 g/mol. The van der Waals surface area contributed by atoms with E-state index in [0.717, 1.165) is 55.7 Å². The fourth-order valence-corrected chi connectivity index (χ4v) is 4.46. The molecule has 1 N–H and O–H groups in total. The molecule has 150 valence electrons. The standard InChI is InChI=1S/C23H25N3O2S/c1-17-22(29-21(24-17)15-18-6-3-2-4-7-18)23(27)25-20-9-5-8-19(14-20)16-26-10-12-28-13-11-26/h2-9,14H,10-13,15-16H2,1H3,(H,25,27). The fourth-order valence-electron chi connectivity index (χ4n) is 3.46. The van der Waals surface area contributed by atoms with Crippen LogP contribution in [0.5, 0.6) is 0 Å². The van der Waals surface area contributed by atoms with Crippen LogP contribution in [0.4, 0.5) is 5.69 Å². The number of hydrogen-bond acceptors (Lipinski definition) is 5. The molecule has 29 heavy (non-hydrogen) atoms. The van der Waals surface area contributed by atoms with Gasteiger partial charge in [-0.3, -0.25) is 9.69 Å². The molecule has 0 spiro atoms. The maximum Gasteiger partial charge on any atom is 0.267 e. The van der Waals surface area contributed by atoms with Crippen LogP contribution in [0.1, 0.15) is 31.5 Å². The van der Waals surface area contributed by atoms with Crippen LogP contribution in [-0.4, -0.2) is 42.1 Å². The third kappa shape index (κ3) is 5.29. The number of thiazole rings is 1. The third-order valence-corrected chi connectivity index (χ3v) is 6.10. The van der Waals surface area contributed by atoms with Gasteiger partial charge in [0.2, 0.25) is 0 Å². The van der Waals surface area contributed by atoms with Gasteiger partial charge in [-0.15, -0.1) is 11.3 Å². The van der Waals surface area contributed by atoms with E-state index in [4.69, 9.17) is 4.74 Å². The number of anilines is 1. The Morgan fingerprint density at radius 1 is 1.10 bits per heavy atom. The van der Waals surface area contributed by atoms with E-state index in [1.807, 2.05) is 37.3 Å². The van der Waals surface area contributed by atoms with Gasteiger partial charge in [-0.05, 0) is 30.2 Å². The number of hydrogen-bond donors (Lipinski definition) is 1. The number of rotatable bonds is 6. The normalized spacial score (nSPS) is 14.7. The van der Waals surface area contributed by atoms with Gasteiger partial charge in [-0.2, -0.15) is 0 Å². The second-order valence-electron chi connectivity index (χ2n) is 7.23. The zero-order valence-electron chi connectivity index (χ0n) is 16.6. The van der Waals surface area contributed by atoms with Crippen molar-refractivity contribution in [3.05, 3.63) is 81.3 Å². The van der Waals surface area contributed by atoms with E-state index in [0.29, 0.717) is 4.88 Å². The Hall–Kier alpha value is -2.54. The molecule has 1 aliphatic heterocycles. The number of ether oxygens (including phenoxy) is 1. The van der Waals surface area contributed by atoms with Crippen LogP contribution in [0.3, 0.4) is 0 Å². The predicted molar refractivity (Wildman–Crippen MR) is 117 cm³/mol. The molecule has 4 rings (SSSR count). The largest absolute Gasteiger partial charge is 0.379 e. The number of nitrogens with zero attached hydrogens (tertiary/aromatic N) is 2. The summed E-state index contributed by atoms with van der Waals surface area (Å²) in [5, 5.41) is 4.00. The first-order valence-electron chi connectivity index (χ1n) is 9.88. The van der Waals surface area contributed by atoms with E-state index in [-0.39, 0.29) is 5.91 Å². The van der Waals surface area contributed by atoms with Crippen molar-refractivity contribution in [2.75, 3.05) is 31.6 Å². The molecule has 0 radical (unpaired) electrons. The topological polar surface area (TPSA) is 54.5 Å². The van der Waals surface area contributed by atoms with Gasteiger partial charge in [-0.25, -0.2) is 4.98 Å². The quantitative estimate of drug-likeness (QED) is 0.668. The van der Waals surface area contributed by atoms with Gasteiger partial charge < -0.3 is 10.1 Å². The molecule has 2 aromatic carbocycles. The molecule has 0 saturated carbocycles. The minimum atomic E-state index is -0.0946. The summed E-state index contributed by atoms with van der Waals surface area (Å²) in [4.78, 5) is 20.5. The summed E-state index contributed by atoms with van der Waals surface area (Å²) in [5.74, 6) is -0.0946. The first-order chi connectivity index (χ1) is 14.2. The highest BCUT2D eigenvalue weighted by atomic mass is 32.1. The number of carbonyl (C=O) groups excluding carboxylic acids is 1. The van der Waals surface area contributed by atoms with Gasteiger partial charge in [0.1, 0.15) is 4.88 Å². The molecule has 1 aromatic heterocycles. The van der Waals surface area contributed by atoms with Crippen molar-refractivity contribution in [1.82, 2.24) is 9.88 Å². The first kappa shape index (κ1) is 19.8. The molecule has 1 amide bonds. The van der Waals surface area contributed by atoms with E-state index >= 15 is 0 Å². The Morgan fingerprint density at radius 3 is 2.66 bits per heavy atom. The molecule has 3 aromatic rings. The summed E-state index contributed by atoms with van der Waals surface area (Å²) in [6, 6.07) is 18.3. The van der Waals surface area contributed by atoms with Crippen molar-refractivity contribution in [2.24, 2.45) is 0 Å². The number of amides is 1. The lowest BCUT2D eigenvalue weighted by molar-refractivity contribution is 0.0342. The average Bonchev–Trinajstić information content (AvgIpc) is 3.10. The van der Waals surface area contributed by atoms with Crippen molar-refractivity contribution in [3.63, 3.8) is 0 Å². The Labute approximate surface area is 175 Å². The summed E-state index contributed by atoms with van der Waals surface area (Å²) < 4.78 is 5.41. The van der Waals surface area contributed by atoms with Gasteiger partial charge in [0.05, 0.1) is 23.9 Å². The van der Waals surface area contributed by atoms with E-state index in [2.05, 4.69) is 39.5 Å². The maximum atomic E-state index is 12.8. The number of carbonyl (C=O) groups is 1. The molecule has 2 heterocycles. The Kier molecular flexibility index (Phi) is 6.34. The lowest BCUT2D eigenvalue weighted by Gasteiger charge is -2.26. The lowest BCUT2D eigenvalue weighted by atomic mass is 10.1. The summed E-state index contributed by atoms with van der Waals surface area (Å²) in [7, 11) is 0. The molecule has 0 unspecified atom stereocenters. The number of morpholine rings is 1. The Morgan fingerprint density at radius 2 is 1.86 bits per heavy atom. The Bertz CT molecular complexity index is 965. The van der Waals surface area contributed by atoms with Gasteiger partial charge in [0.15, 0.2) is 0 Å². The molecule has 1 aliphatic rings. The summed E-state index contributed by atoms with van der Waals surface area (Å²) >= 11 is 1.47. The molecular weight excluding hydrogens is 382 g/mol. The van der Waals surface area contributed by atoms with Crippen molar-refractivity contribution in [3.8, 4) is 0 Å². The van der Waals surface area contributed by atoms with Crippen LogP contribution in [0.25, 0.3) is 0 Å². The molecular formula is C23H25N3O2S. The lowest BCUT2D eigenvalue weighted by Crippen LogP contribution is -2.35. The molecule has 6 heteroatoms. The minimum absolute atomic E-state index is 0.0946. The molecule has 5 nitrogen and oxygen atoms in total. The van der Waals surface area contributed by atoms with Gasteiger partial charge >= 0.3 is 0 Å². The number of benzene rings is 2. The summed E-state index contributed by atoms with van der Waals surface area (Å²) in [6.45, 7) is 6.23. The van der Waals surface area contributed by atoms with Crippen LogP contribution in [0.2, 0.25) is 0 Å². The third-order valence-electron chi connectivity index (χ3n) is 4.94. The second-order valence-corrected chi connectivity index (χ2v) is 8.31. The highest BCUT2D eigenvalue weighted by Gasteiger charge is 2.16. The van der Waals surface area contributed by atoms with Crippen LogP contribution in [0.15, 0.2) is 54.6 Å². The minimum Gasteiger partial charge on any atom is -0.379 e. The van der Waals surface area contributed by atoms with E-state index in [1.54, 1.807) is 0 Å². The van der Waals surface area contributed by atoms with E-state index in [9.17, 15) is 4.79 Å². The van der Waals surface area contributed by atoms with Gasteiger partial charge in [0.25, 0.3) is 5.91 Å². The first-order valence-corrected chi connectivity index (χ1v) is 10.7. The number of aryl methyl sites for hydroxylation is 1. The van der Waals surface area contributed by atoms with Gasteiger partial charge in [0, 0.05) is 31.7 Å². The van der Waals surface area contributed by atoms with Crippen molar-refractivity contribution < 1.29 is 9.53 Å². The monoisotopic (exact) mass is 407 g/mol. The predicted octanol–water partition coefficient (Wildman–Crippen LogP) is 4.13. The summed E-state index contributed by atoms with van der Waals surface area (Å²) in [6.07, 6.45) is 0.745. The van der Waals surface area contributed by atoms with Crippen LogP contribution >= 0.6 is 11.3 Å². The molecule has 0 aliphatic carbocycles. The highest BCUT2D eigenvalue weighted by Crippen LogP contribution is 2.23. The second kappa shape index (κ2) is 9.31. The molecule has 0 bridgehead atoms. The van der Waals surface area contributed by atoms with Gasteiger partial charge in [-0.1, -0.05) is 42.5 Å². The zero-order valence-corrected chi connectivity index (χ0v) is 17.4. The fraction of sp³-hybridized carbons (Fsp3) is 0.304. The van der Waals surface area contributed by atoms with Crippen molar-refractivity contribution >= 4 is 22.9 Å². The zero-order chi connectivity index (χ0) is 20.1. The molecule has 0 atom stereocenters.